The molecule has 0 saturated carbocycles. The lowest BCUT2D eigenvalue weighted by Gasteiger charge is -2.22. The minimum atomic E-state index is -0.940. The van der Waals surface area contributed by atoms with Crippen LogP contribution >= 0.6 is 0 Å². The number of carbonyl (C=O) groups is 1. The second kappa shape index (κ2) is 7.85. The maximum Gasteiger partial charge on any atom is 0.282 e. The van der Waals surface area contributed by atoms with Crippen molar-refractivity contribution in [2.24, 2.45) is 9.98 Å². The van der Waals surface area contributed by atoms with Gasteiger partial charge in [-0.05, 0) is 30.7 Å². The van der Waals surface area contributed by atoms with Crippen molar-refractivity contribution in [2.75, 3.05) is 0 Å². The number of halogens is 2. The highest BCUT2D eigenvalue weighted by Crippen LogP contribution is 2.29. The van der Waals surface area contributed by atoms with Crippen molar-refractivity contribution >= 4 is 29.2 Å². The second-order valence-corrected chi connectivity index (χ2v) is 7.42. The molecule has 0 aliphatic carbocycles. The van der Waals surface area contributed by atoms with Gasteiger partial charge in [-0.1, -0.05) is 42.5 Å². The third-order valence-corrected chi connectivity index (χ3v) is 5.16. The van der Waals surface area contributed by atoms with Gasteiger partial charge < -0.3 is 4.42 Å². The Morgan fingerprint density at radius 1 is 1.00 bits per heavy atom. The van der Waals surface area contributed by atoms with Crippen molar-refractivity contribution in [1.82, 2.24) is 4.90 Å². The molecule has 2 aliphatic rings. The van der Waals surface area contributed by atoms with E-state index >= 15 is 0 Å². The fraction of sp³-hybridized carbons (Fsp3) is 0.0800. The van der Waals surface area contributed by atoms with Crippen LogP contribution in [0, 0.1) is 18.6 Å². The highest BCUT2D eigenvalue weighted by Gasteiger charge is 2.35. The van der Waals surface area contributed by atoms with E-state index in [0.717, 1.165) is 11.6 Å². The lowest BCUT2D eigenvalue weighted by molar-refractivity contribution is -0.120. The number of fused-ring (bicyclic) bond motifs is 1. The van der Waals surface area contributed by atoms with Gasteiger partial charge in [0.05, 0.1) is 11.4 Å². The normalized spacial score (nSPS) is 16.7. The molecular formula is C25H17F2N3O2. The average molecular weight is 429 g/mol. The third kappa shape index (κ3) is 3.58. The first kappa shape index (κ1) is 19.8. The van der Waals surface area contributed by atoms with Gasteiger partial charge in [0.2, 0.25) is 0 Å². The van der Waals surface area contributed by atoms with Gasteiger partial charge in [0.25, 0.3) is 5.91 Å². The van der Waals surface area contributed by atoms with Gasteiger partial charge in [-0.2, -0.15) is 0 Å². The van der Waals surface area contributed by atoms with Gasteiger partial charge in [0.1, 0.15) is 17.2 Å². The summed E-state index contributed by atoms with van der Waals surface area (Å²) in [6.07, 6.45) is 3.14. The van der Waals surface area contributed by atoms with Crippen LogP contribution < -0.4 is 0 Å². The summed E-state index contributed by atoms with van der Waals surface area (Å²) < 4.78 is 33.7. The van der Waals surface area contributed by atoms with E-state index in [1.165, 1.54) is 17.0 Å². The van der Waals surface area contributed by atoms with Crippen LogP contribution in [0.1, 0.15) is 22.6 Å². The summed E-state index contributed by atoms with van der Waals surface area (Å²) in [6, 6.07) is 16.8. The van der Waals surface area contributed by atoms with Crippen LogP contribution in [0.25, 0.3) is 11.8 Å². The predicted octanol–water partition coefficient (Wildman–Crippen LogP) is 5.14. The van der Waals surface area contributed by atoms with Crippen LogP contribution in [0.15, 0.2) is 87.0 Å². The van der Waals surface area contributed by atoms with E-state index in [9.17, 15) is 13.6 Å². The first-order chi connectivity index (χ1) is 15.5. The minimum absolute atomic E-state index is 0.0243. The maximum atomic E-state index is 14.4. The van der Waals surface area contributed by atoms with Gasteiger partial charge in [0.15, 0.2) is 17.5 Å². The molecule has 7 heteroatoms. The number of furan rings is 1. The molecule has 2 aromatic carbocycles. The van der Waals surface area contributed by atoms with E-state index in [1.54, 1.807) is 31.3 Å². The predicted molar refractivity (Wildman–Crippen MR) is 118 cm³/mol. The summed E-state index contributed by atoms with van der Waals surface area (Å²) >= 11 is 0. The number of hydrogen-bond acceptors (Lipinski definition) is 4. The maximum absolute atomic E-state index is 14.4. The van der Waals surface area contributed by atoms with Crippen LogP contribution in [0.4, 0.5) is 8.78 Å². The van der Waals surface area contributed by atoms with Gasteiger partial charge in [-0.15, -0.1) is 0 Å². The zero-order valence-corrected chi connectivity index (χ0v) is 17.0. The Kier molecular flexibility index (Phi) is 4.86. The van der Waals surface area contributed by atoms with Crippen LogP contribution in [0.2, 0.25) is 0 Å². The van der Waals surface area contributed by atoms with Crippen LogP contribution in [-0.2, 0) is 11.2 Å². The molecule has 3 heterocycles. The summed E-state index contributed by atoms with van der Waals surface area (Å²) in [5, 5.41) is 0. The molecule has 2 aliphatic heterocycles. The van der Waals surface area contributed by atoms with E-state index in [0.29, 0.717) is 22.9 Å². The average Bonchev–Trinajstić information content (AvgIpc) is 3.35. The number of rotatable bonds is 4. The second-order valence-electron chi connectivity index (χ2n) is 7.42. The summed E-state index contributed by atoms with van der Waals surface area (Å²) in [4.78, 5) is 23.6. The molecule has 0 radical (unpaired) electrons. The summed E-state index contributed by atoms with van der Waals surface area (Å²) in [6.45, 7) is 1.81. The van der Waals surface area contributed by atoms with E-state index in [2.05, 4.69) is 9.98 Å². The molecule has 3 aromatic rings. The summed E-state index contributed by atoms with van der Waals surface area (Å²) in [7, 11) is 0. The molecule has 0 fully saturated rings. The van der Waals surface area contributed by atoms with E-state index in [4.69, 9.17) is 4.42 Å². The minimum Gasteiger partial charge on any atom is -0.462 e. The molecule has 0 bridgehead atoms. The van der Waals surface area contributed by atoms with Gasteiger partial charge in [-0.3, -0.25) is 9.69 Å². The van der Waals surface area contributed by atoms with Crippen molar-refractivity contribution in [3.8, 4) is 0 Å². The Labute approximate surface area is 182 Å². The van der Waals surface area contributed by atoms with Crippen LogP contribution in [0.5, 0.6) is 0 Å². The third-order valence-electron chi connectivity index (χ3n) is 5.16. The smallest absolute Gasteiger partial charge is 0.282 e. The quantitative estimate of drug-likeness (QED) is 0.539. The molecule has 5 nitrogen and oxygen atoms in total. The fourth-order valence-electron chi connectivity index (χ4n) is 3.60. The van der Waals surface area contributed by atoms with Crippen molar-refractivity contribution in [1.29, 1.82) is 0 Å². The molecule has 1 amide bonds. The molecular weight excluding hydrogens is 412 g/mol. The highest BCUT2D eigenvalue weighted by atomic mass is 19.2. The lowest BCUT2D eigenvalue weighted by Crippen LogP contribution is -2.36. The SMILES string of the molecule is Cc1ccc(/C=C2/N=C3C(Cc4cccc(F)c4F)=NC(c4ccccc4)=CN3C2=O)o1. The Bertz CT molecular complexity index is 1350. The fourth-order valence-corrected chi connectivity index (χ4v) is 3.60. The zero-order chi connectivity index (χ0) is 22.2. The number of aryl methyl sites for hydroxylation is 1. The van der Waals surface area contributed by atoms with E-state index < -0.39 is 11.6 Å². The molecule has 0 unspecified atom stereocenters. The largest absolute Gasteiger partial charge is 0.462 e. The lowest BCUT2D eigenvalue weighted by atomic mass is 10.0. The van der Waals surface area contributed by atoms with Gasteiger partial charge in [0, 0.05) is 24.3 Å². The van der Waals surface area contributed by atoms with Crippen molar-refractivity contribution in [3.63, 3.8) is 0 Å². The topological polar surface area (TPSA) is 58.2 Å². The number of benzene rings is 2. The number of aliphatic imine (C=N–C) groups is 2. The van der Waals surface area contributed by atoms with Crippen molar-refractivity contribution < 1.29 is 18.0 Å². The molecule has 158 valence electrons. The number of nitrogens with zero attached hydrogens (tertiary/aromatic N) is 3. The van der Waals surface area contributed by atoms with E-state index in [1.807, 2.05) is 30.3 Å². The van der Waals surface area contributed by atoms with Crippen LogP contribution in [-0.4, -0.2) is 22.4 Å². The molecule has 0 N–H and O–H groups in total. The molecule has 1 aromatic heterocycles. The molecule has 0 saturated heterocycles. The Balaban J connectivity index is 1.60. The highest BCUT2D eigenvalue weighted by molar-refractivity contribution is 6.48. The van der Waals surface area contributed by atoms with Crippen molar-refractivity contribution in [2.45, 2.75) is 13.3 Å². The summed E-state index contributed by atoms with van der Waals surface area (Å²) in [5.41, 5.74) is 1.98. The van der Waals surface area contributed by atoms with Gasteiger partial charge in [-0.25, -0.2) is 18.8 Å². The number of carbonyl (C=O) groups excluding carboxylic acids is 1. The molecule has 5 rings (SSSR count). The Morgan fingerprint density at radius 2 is 1.81 bits per heavy atom. The van der Waals surface area contributed by atoms with E-state index in [-0.39, 0.29) is 29.4 Å². The molecule has 0 spiro atoms. The monoisotopic (exact) mass is 429 g/mol. The standard InChI is InChI=1S/C25H17F2N3O2/c1-15-10-11-18(32-15)13-21-25(31)30-14-22(16-6-3-2-4-7-16)28-20(24(30)29-21)12-17-8-5-9-19(26)23(17)27/h2-11,13-14H,12H2,1H3/b21-13+. The Hall–Kier alpha value is -4.13. The summed E-state index contributed by atoms with van der Waals surface area (Å²) in [5.74, 6) is -0.737. The zero-order valence-electron chi connectivity index (χ0n) is 17.0. The molecule has 32 heavy (non-hydrogen) atoms. The number of amidine groups is 1. The number of amides is 1. The van der Waals surface area contributed by atoms with Gasteiger partial charge >= 0.3 is 0 Å². The van der Waals surface area contributed by atoms with Crippen LogP contribution in [0.3, 0.4) is 0 Å². The Morgan fingerprint density at radius 3 is 2.56 bits per heavy atom. The molecule has 0 atom stereocenters. The van der Waals surface area contributed by atoms with Crippen molar-refractivity contribution in [3.05, 3.63) is 107 Å². The number of hydrogen-bond donors (Lipinski definition) is 0. The first-order valence-electron chi connectivity index (χ1n) is 9.98. The first-order valence-corrected chi connectivity index (χ1v) is 9.98.